The van der Waals surface area contributed by atoms with Crippen molar-refractivity contribution >= 4 is 81.1 Å². The van der Waals surface area contributed by atoms with Crippen LogP contribution in [0.1, 0.15) is 0 Å². The number of anilines is 3. The summed E-state index contributed by atoms with van der Waals surface area (Å²) in [5.74, 6) is 0. The first-order chi connectivity index (χ1) is 30.7. The molecule has 62 heavy (non-hydrogen) atoms. The van der Waals surface area contributed by atoms with Crippen LogP contribution in [0.4, 0.5) is 17.1 Å². The van der Waals surface area contributed by atoms with Crippen molar-refractivity contribution in [2.24, 2.45) is 0 Å². The minimum atomic E-state index is 0.879. The molecule has 12 aromatic rings. The van der Waals surface area contributed by atoms with Crippen LogP contribution in [0.15, 0.2) is 224 Å². The Bertz CT molecular complexity index is 3600. The molecular weight excluding hydrogens is 771 g/mol. The number of hydrogen-bond acceptors (Lipinski definition) is 4. The Hall–Kier alpha value is -7.92. The molecule has 10 aromatic carbocycles. The van der Waals surface area contributed by atoms with Crippen molar-refractivity contribution in [1.82, 2.24) is 9.97 Å². The molecule has 12 rings (SSSR count). The van der Waals surface area contributed by atoms with Crippen LogP contribution in [0.25, 0.3) is 97.5 Å². The predicted molar refractivity (Wildman–Crippen MR) is 264 cm³/mol. The van der Waals surface area contributed by atoms with Gasteiger partial charge in [-0.25, -0.2) is 9.97 Å². The smallest absolute Gasteiger partial charge is 0.0979 e. The molecule has 0 amide bonds. The summed E-state index contributed by atoms with van der Waals surface area (Å²) in [6.07, 6.45) is 0. The number of hydrogen-bond donors (Lipinski definition) is 0. The standard InChI is InChI=1S/C58H37N3S/c1-5-14-39(15-6-1)48-22-13-23-52-55(48)49-34-33-47(37-53(49)62-52)61(45-20-11-4-12-21-45)46-31-28-38(29-32-46)44-27-25-40-24-26-41-30-35-51-58(54(41)50(40)36-44)60-57(43-18-9-3-10-19-43)56(59-51)42-16-7-2-8-17-42/h1-37H. The second-order valence-electron chi connectivity index (χ2n) is 15.7. The molecule has 4 heteroatoms. The summed E-state index contributed by atoms with van der Waals surface area (Å²) in [6, 6.07) is 80.3. The van der Waals surface area contributed by atoms with Crippen LogP contribution in [0.3, 0.4) is 0 Å². The van der Waals surface area contributed by atoms with Gasteiger partial charge in [0, 0.05) is 53.7 Å². The molecule has 0 N–H and O–H groups in total. The van der Waals surface area contributed by atoms with Crippen molar-refractivity contribution < 1.29 is 0 Å². The fourth-order valence-electron chi connectivity index (χ4n) is 9.07. The molecule has 0 fully saturated rings. The lowest BCUT2D eigenvalue weighted by molar-refractivity contribution is 1.29. The van der Waals surface area contributed by atoms with Gasteiger partial charge in [0.1, 0.15) is 0 Å². The highest BCUT2D eigenvalue weighted by Crippen LogP contribution is 2.44. The first-order valence-electron chi connectivity index (χ1n) is 21.0. The third-order valence-corrected chi connectivity index (χ3v) is 13.1. The summed E-state index contributed by atoms with van der Waals surface area (Å²) < 4.78 is 2.57. The third-order valence-electron chi connectivity index (χ3n) is 12.0. The maximum Gasteiger partial charge on any atom is 0.0979 e. The first kappa shape index (κ1) is 36.0. The van der Waals surface area contributed by atoms with Gasteiger partial charge in [-0.2, -0.15) is 0 Å². The zero-order chi connectivity index (χ0) is 41.0. The van der Waals surface area contributed by atoms with E-state index < -0.39 is 0 Å². The van der Waals surface area contributed by atoms with Gasteiger partial charge in [0.15, 0.2) is 0 Å². The Kier molecular flexibility index (Phi) is 8.68. The Morgan fingerprint density at radius 3 is 1.65 bits per heavy atom. The van der Waals surface area contributed by atoms with Crippen LogP contribution in [0.2, 0.25) is 0 Å². The molecule has 0 radical (unpaired) electrons. The number of thiophene rings is 1. The Balaban J connectivity index is 0.965. The topological polar surface area (TPSA) is 29.0 Å². The number of rotatable bonds is 7. The molecule has 0 aliphatic heterocycles. The van der Waals surface area contributed by atoms with E-state index in [0.717, 1.165) is 77.9 Å². The van der Waals surface area contributed by atoms with E-state index in [0.29, 0.717) is 0 Å². The average Bonchev–Trinajstić information content (AvgIpc) is 3.73. The first-order valence-corrected chi connectivity index (χ1v) is 21.8. The highest BCUT2D eigenvalue weighted by molar-refractivity contribution is 7.26. The zero-order valence-corrected chi connectivity index (χ0v) is 34.4. The number of nitrogens with zero attached hydrogens (tertiary/aromatic N) is 3. The van der Waals surface area contributed by atoms with Gasteiger partial charge in [0.05, 0.1) is 22.4 Å². The monoisotopic (exact) mass is 807 g/mol. The summed E-state index contributed by atoms with van der Waals surface area (Å²) in [4.78, 5) is 13.1. The molecule has 0 aliphatic carbocycles. The van der Waals surface area contributed by atoms with E-state index in [9.17, 15) is 0 Å². The Morgan fingerprint density at radius 2 is 0.919 bits per heavy atom. The normalized spacial score (nSPS) is 11.5. The molecule has 3 nitrogen and oxygen atoms in total. The molecule has 0 atom stereocenters. The minimum absolute atomic E-state index is 0.879. The van der Waals surface area contributed by atoms with Crippen molar-refractivity contribution in [3.63, 3.8) is 0 Å². The van der Waals surface area contributed by atoms with Gasteiger partial charge >= 0.3 is 0 Å². The van der Waals surface area contributed by atoms with Crippen LogP contribution in [-0.2, 0) is 0 Å². The summed E-state index contributed by atoms with van der Waals surface area (Å²) in [6.45, 7) is 0. The molecule has 2 aromatic heterocycles. The SMILES string of the molecule is c1ccc(-c2nc3ccc4ccc5ccc(-c6ccc(N(c7ccccc7)c7ccc8c(c7)sc7cccc(-c9ccccc9)c78)cc6)cc5c4c3nc2-c2ccccc2)cc1. The van der Waals surface area contributed by atoms with Crippen molar-refractivity contribution in [2.75, 3.05) is 4.90 Å². The maximum atomic E-state index is 5.47. The van der Waals surface area contributed by atoms with E-state index in [1.54, 1.807) is 0 Å². The van der Waals surface area contributed by atoms with E-state index >= 15 is 0 Å². The Morgan fingerprint density at radius 1 is 0.339 bits per heavy atom. The molecule has 0 unspecified atom stereocenters. The van der Waals surface area contributed by atoms with E-state index in [1.807, 2.05) is 23.5 Å². The minimum Gasteiger partial charge on any atom is -0.310 e. The quantitative estimate of drug-likeness (QED) is 0.150. The molecule has 0 bridgehead atoms. The molecule has 0 spiro atoms. The molecule has 290 valence electrons. The Labute approximate surface area is 363 Å². The molecular formula is C58H37N3S. The summed E-state index contributed by atoms with van der Waals surface area (Å²) in [5.41, 5.74) is 13.8. The second-order valence-corrected chi connectivity index (χ2v) is 16.8. The van der Waals surface area contributed by atoms with Gasteiger partial charge in [-0.15, -0.1) is 11.3 Å². The van der Waals surface area contributed by atoms with E-state index in [4.69, 9.17) is 9.97 Å². The lowest BCUT2D eigenvalue weighted by Crippen LogP contribution is -2.09. The highest BCUT2D eigenvalue weighted by Gasteiger charge is 2.19. The molecule has 0 aliphatic rings. The van der Waals surface area contributed by atoms with Crippen LogP contribution >= 0.6 is 11.3 Å². The van der Waals surface area contributed by atoms with Crippen LogP contribution in [0, 0.1) is 0 Å². The number of para-hydroxylation sites is 1. The maximum absolute atomic E-state index is 5.47. The van der Waals surface area contributed by atoms with E-state index in [-0.39, 0.29) is 0 Å². The fraction of sp³-hybridized carbons (Fsp3) is 0. The summed E-state index contributed by atoms with van der Waals surface area (Å²) in [5, 5.41) is 7.19. The van der Waals surface area contributed by atoms with E-state index in [1.165, 1.54) is 36.7 Å². The number of aromatic nitrogens is 2. The summed E-state index contributed by atoms with van der Waals surface area (Å²) in [7, 11) is 0. The zero-order valence-electron chi connectivity index (χ0n) is 33.6. The van der Waals surface area contributed by atoms with Gasteiger partial charge in [0.25, 0.3) is 0 Å². The lowest BCUT2D eigenvalue weighted by Gasteiger charge is -2.25. The average molecular weight is 808 g/mol. The molecule has 0 saturated heterocycles. The molecule has 0 saturated carbocycles. The largest absolute Gasteiger partial charge is 0.310 e. The number of benzene rings is 10. The fourth-order valence-corrected chi connectivity index (χ4v) is 10.2. The van der Waals surface area contributed by atoms with E-state index in [2.05, 4.69) is 217 Å². The van der Waals surface area contributed by atoms with Crippen molar-refractivity contribution in [2.45, 2.75) is 0 Å². The molecule has 2 heterocycles. The van der Waals surface area contributed by atoms with Crippen molar-refractivity contribution in [1.29, 1.82) is 0 Å². The third kappa shape index (κ3) is 6.20. The van der Waals surface area contributed by atoms with Gasteiger partial charge in [-0.05, 0) is 93.0 Å². The van der Waals surface area contributed by atoms with Crippen molar-refractivity contribution in [3.05, 3.63) is 224 Å². The van der Waals surface area contributed by atoms with Crippen LogP contribution in [0.5, 0.6) is 0 Å². The van der Waals surface area contributed by atoms with Crippen molar-refractivity contribution in [3.8, 4) is 44.8 Å². The van der Waals surface area contributed by atoms with Gasteiger partial charge in [0.2, 0.25) is 0 Å². The van der Waals surface area contributed by atoms with Gasteiger partial charge in [-0.1, -0.05) is 170 Å². The van der Waals surface area contributed by atoms with Crippen LogP contribution in [-0.4, -0.2) is 9.97 Å². The lowest BCUT2D eigenvalue weighted by atomic mass is 9.95. The number of fused-ring (bicyclic) bond motifs is 8. The predicted octanol–water partition coefficient (Wildman–Crippen LogP) is 16.4. The van der Waals surface area contributed by atoms with Gasteiger partial charge in [-0.3, -0.25) is 0 Å². The second kappa shape index (κ2) is 15.0. The summed E-state index contributed by atoms with van der Waals surface area (Å²) >= 11 is 1.86. The van der Waals surface area contributed by atoms with Gasteiger partial charge < -0.3 is 4.90 Å². The van der Waals surface area contributed by atoms with Crippen LogP contribution < -0.4 is 4.90 Å². The highest BCUT2D eigenvalue weighted by atomic mass is 32.1.